The lowest BCUT2D eigenvalue weighted by Crippen LogP contribution is -2.21. The molecule has 5 nitrogen and oxygen atoms in total. The number of hydrogen-bond donors (Lipinski definition) is 1. The molecule has 0 aliphatic carbocycles. The SMILES string of the molecule is CC(C)NCc1cn(-c2cccc3ncccc23)nn1. The van der Waals surface area contributed by atoms with Crippen LogP contribution in [0.3, 0.4) is 0 Å². The van der Waals surface area contributed by atoms with Crippen molar-refractivity contribution in [3.8, 4) is 5.69 Å². The molecule has 0 fully saturated rings. The van der Waals surface area contributed by atoms with E-state index in [2.05, 4.69) is 34.5 Å². The smallest absolute Gasteiger partial charge is 0.0969 e. The first kappa shape index (κ1) is 12.7. The van der Waals surface area contributed by atoms with Crippen molar-refractivity contribution in [3.05, 3.63) is 48.4 Å². The second-order valence-electron chi connectivity index (χ2n) is 5.04. The Balaban J connectivity index is 1.95. The summed E-state index contributed by atoms with van der Waals surface area (Å²) in [6, 6.07) is 10.4. The van der Waals surface area contributed by atoms with E-state index in [0.717, 1.165) is 28.8 Å². The van der Waals surface area contributed by atoms with E-state index in [4.69, 9.17) is 0 Å². The molecule has 0 amide bonds. The number of nitrogens with zero attached hydrogens (tertiary/aromatic N) is 4. The lowest BCUT2D eigenvalue weighted by Gasteiger charge is -2.05. The molecule has 0 atom stereocenters. The summed E-state index contributed by atoms with van der Waals surface area (Å²) in [4.78, 5) is 4.36. The molecule has 0 bridgehead atoms. The lowest BCUT2D eigenvalue weighted by molar-refractivity contribution is 0.580. The third kappa shape index (κ3) is 2.53. The van der Waals surface area contributed by atoms with E-state index in [-0.39, 0.29) is 0 Å². The fraction of sp³-hybridized carbons (Fsp3) is 0.267. The van der Waals surface area contributed by atoms with Crippen molar-refractivity contribution in [2.45, 2.75) is 26.4 Å². The van der Waals surface area contributed by atoms with Crippen LogP contribution in [0.25, 0.3) is 16.6 Å². The molecule has 0 unspecified atom stereocenters. The van der Waals surface area contributed by atoms with Crippen molar-refractivity contribution in [2.24, 2.45) is 0 Å². The van der Waals surface area contributed by atoms with Crippen LogP contribution in [0.4, 0.5) is 0 Å². The molecule has 0 radical (unpaired) electrons. The zero-order valence-electron chi connectivity index (χ0n) is 11.6. The van der Waals surface area contributed by atoms with Gasteiger partial charge in [-0.1, -0.05) is 25.1 Å². The van der Waals surface area contributed by atoms with Gasteiger partial charge in [-0.3, -0.25) is 4.98 Å². The van der Waals surface area contributed by atoms with Gasteiger partial charge < -0.3 is 5.32 Å². The standard InChI is InChI=1S/C15H17N5/c1-11(2)17-9-12-10-20(19-18-12)15-7-3-6-14-13(15)5-4-8-16-14/h3-8,10-11,17H,9H2,1-2H3. The number of hydrogen-bond acceptors (Lipinski definition) is 4. The molecule has 0 saturated heterocycles. The number of pyridine rings is 1. The molecule has 5 heteroatoms. The van der Waals surface area contributed by atoms with Crippen LogP contribution in [-0.4, -0.2) is 26.0 Å². The quantitative estimate of drug-likeness (QED) is 0.788. The molecule has 2 heterocycles. The highest BCUT2D eigenvalue weighted by Gasteiger charge is 2.07. The fourth-order valence-corrected chi connectivity index (χ4v) is 2.09. The topological polar surface area (TPSA) is 55.6 Å². The summed E-state index contributed by atoms with van der Waals surface area (Å²) < 4.78 is 1.81. The molecule has 0 aliphatic heterocycles. The maximum atomic E-state index is 4.36. The van der Waals surface area contributed by atoms with Crippen LogP contribution < -0.4 is 5.32 Å². The van der Waals surface area contributed by atoms with E-state index in [1.165, 1.54) is 0 Å². The van der Waals surface area contributed by atoms with Crippen LogP contribution in [-0.2, 0) is 6.54 Å². The van der Waals surface area contributed by atoms with E-state index in [0.29, 0.717) is 6.04 Å². The predicted octanol–water partition coefficient (Wildman–Crippen LogP) is 2.31. The summed E-state index contributed by atoms with van der Waals surface area (Å²) in [7, 11) is 0. The zero-order chi connectivity index (χ0) is 13.9. The fourth-order valence-electron chi connectivity index (χ4n) is 2.09. The van der Waals surface area contributed by atoms with Gasteiger partial charge in [0, 0.05) is 24.2 Å². The zero-order valence-corrected chi connectivity index (χ0v) is 11.6. The van der Waals surface area contributed by atoms with Gasteiger partial charge in [-0.05, 0) is 24.3 Å². The average Bonchev–Trinajstić information content (AvgIpc) is 2.93. The molecule has 1 N–H and O–H groups in total. The summed E-state index contributed by atoms with van der Waals surface area (Å²) >= 11 is 0. The largest absolute Gasteiger partial charge is 0.309 e. The Morgan fingerprint density at radius 1 is 1.20 bits per heavy atom. The molecule has 2 aromatic heterocycles. The van der Waals surface area contributed by atoms with Crippen LogP contribution in [0.1, 0.15) is 19.5 Å². The van der Waals surface area contributed by atoms with Crippen molar-refractivity contribution in [3.63, 3.8) is 0 Å². The molecule has 0 spiro atoms. The summed E-state index contributed by atoms with van der Waals surface area (Å²) in [6.45, 7) is 4.95. The Morgan fingerprint density at radius 3 is 2.95 bits per heavy atom. The number of nitrogens with one attached hydrogen (secondary N) is 1. The van der Waals surface area contributed by atoms with Crippen LogP contribution in [0, 0.1) is 0 Å². The minimum atomic E-state index is 0.432. The second-order valence-corrected chi connectivity index (χ2v) is 5.04. The van der Waals surface area contributed by atoms with E-state index in [9.17, 15) is 0 Å². The molecule has 3 rings (SSSR count). The molecule has 3 aromatic rings. The van der Waals surface area contributed by atoms with Crippen LogP contribution in [0.2, 0.25) is 0 Å². The second kappa shape index (κ2) is 5.38. The molecule has 20 heavy (non-hydrogen) atoms. The van der Waals surface area contributed by atoms with Crippen molar-refractivity contribution in [1.29, 1.82) is 0 Å². The highest BCUT2D eigenvalue weighted by atomic mass is 15.4. The van der Waals surface area contributed by atoms with Crippen molar-refractivity contribution >= 4 is 10.9 Å². The Hall–Kier alpha value is -2.27. The van der Waals surface area contributed by atoms with Gasteiger partial charge in [-0.2, -0.15) is 0 Å². The number of aromatic nitrogens is 4. The maximum absolute atomic E-state index is 4.36. The van der Waals surface area contributed by atoms with Crippen molar-refractivity contribution < 1.29 is 0 Å². The van der Waals surface area contributed by atoms with Gasteiger partial charge in [0.2, 0.25) is 0 Å². The van der Waals surface area contributed by atoms with Crippen LogP contribution in [0.5, 0.6) is 0 Å². The summed E-state index contributed by atoms with van der Waals surface area (Å²) in [5.41, 5.74) is 2.89. The molecule has 102 valence electrons. The third-order valence-electron chi connectivity index (χ3n) is 3.10. The lowest BCUT2D eigenvalue weighted by atomic mass is 10.2. The third-order valence-corrected chi connectivity index (χ3v) is 3.10. The van der Waals surface area contributed by atoms with Gasteiger partial charge in [-0.15, -0.1) is 5.10 Å². The molecular formula is C15H17N5. The number of fused-ring (bicyclic) bond motifs is 1. The number of benzene rings is 1. The normalized spacial score (nSPS) is 11.3. The van der Waals surface area contributed by atoms with Gasteiger partial charge in [0.15, 0.2) is 0 Å². The minimum absolute atomic E-state index is 0.432. The van der Waals surface area contributed by atoms with Gasteiger partial charge >= 0.3 is 0 Å². The summed E-state index contributed by atoms with van der Waals surface area (Å²) in [5.74, 6) is 0. The van der Waals surface area contributed by atoms with Gasteiger partial charge in [0.25, 0.3) is 0 Å². The Bertz CT molecular complexity index is 712. The van der Waals surface area contributed by atoms with Gasteiger partial charge in [0.1, 0.15) is 0 Å². The van der Waals surface area contributed by atoms with E-state index >= 15 is 0 Å². The first-order valence-corrected chi connectivity index (χ1v) is 6.73. The first-order valence-electron chi connectivity index (χ1n) is 6.73. The highest BCUT2D eigenvalue weighted by molar-refractivity contribution is 5.86. The van der Waals surface area contributed by atoms with Gasteiger partial charge in [-0.25, -0.2) is 4.68 Å². The Labute approximate surface area is 117 Å². The molecule has 0 saturated carbocycles. The first-order chi connectivity index (χ1) is 9.74. The molecular weight excluding hydrogens is 250 g/mol. The van der Waals surface area contributed by atoms with E-state index in [1.54, 1.807) is 10.9 Å². The molecule has 0 aliphatic rings. The van der Waals surface area contributed by atoms with Crippen molar-refractivity contribution in [2.75, 3.05) is 0 Å². The van der Waals surface area contributed by atoms with Crippen molar-refractivity contribution in [1.82, 2.24) is 25.3 Å². The summed E-state index contributed by atoms with van der Waals surface area (Å²) in [5, 5.41) is 12.8. The Morgan fingerprint density at radius 2 is 2.10 bits per heavy atom. The predicted molar refractivity (Wildman–Crippen MR) is 78.6 cm³/mol. The van der Waals surface area contributed by atoms with Crippen LogP contribution in [0.15, 0.2) is 42.7 Å². The number of rotatable bonds is 4. The Kier molecular flexibility index (Phi) is 3.43. The monoisotopic (exact) mass is 267 g/mol. The highest BCUT2D eigenvalue weighted by Crippen LogP contribution is 2.19. The van der Waals surface area contributed by atoms with E-state index in [1.807, 2.05) is 36.5 Å². The van der Waals surface area contributed by atoms with Gasteiger partial charge in [0.05, 0.1) is 23.1 Å². The van der Waals surface area contributed by atoms with Crippen LogP contribution >= 0.6 is 0 Å². The maximum Gasteiger partial charge on any atom is 0.0969 e. The summed E-state index contributed by atoms with van der Waals surface area (Å²) in [6.07, 6.45) is 3.75. The minimum Gasteiger partial charge on any atom is -0.309 e. The average molecular weight is 267 g/mol. The van der Waals surface area contributed by atoms with E-state index < -0.39 is 0 Å². The molecule has 1 aromatic carbocycles.